The van der Waals surface area contributed by atoms with Gasteiger partial charge in [-0.2, -0.15) is 0 Å². The van der Waals surface area contributed by atoms with Crippen LogP contribution in [0.25, 0.3) is 0 Å². The molecule has 1 atom stereocenters. The molecule has 6 heteroatoms. The number of benzene rings is 1. The van der Waals surface area contributed by atoms with Crippen LogP contribution >= 0.6 is 0 Å². The zero-order chi connectivity index (χ0) is 28.1. The second-order valence-electron chi connectivity index (χ2n) is 11.8. The molecule has 0 aromatic heterocycles. The molecule has 1 aliphatic carbocycles. The number of carbonyl (C=O) groups excluding carboxylic acids is 2. The summed E-state index contributed by atoms with van der Waals surface area (Å²) in [6, 6.07) is 5.67. The zero-order valence-corrected chi connectivity index (χ0v) is 24.0. The molecule has 0 spiro atoms. The van der Waals surface area contributed by atoms with Crippen molar-refractivity contribution >= 4 is 11.9 Å². The summed E-state index contributed by atoms with van der Waals surface area (Å²) < 4.78 is 25.9. The van der Waals surface area contributed by atoms with Gasteiger partial charge in [-0.05, 0) is 101 Å². The summed E-state index contributed by atoms with van der Waals surface area (Å²) in [5.74, 6) is 0.0803. The lowest BCUT2D eigenvalue weighted by molar-refractivity contribution is -0.156. The first kappa shape index (κ1) is 32.0. The number of hydrogen-bond donors (Lipinski definition) is 1. The van der Waals surface area contributed by atoms with E-state index in [2.05, 4.69) is 19.6 Å². The number of halogens is 1. The minimum Gasteiger partial charge on any atom is -0.465 e. The Labute approximate surface area is 229 Å². The van der Waals surface area contributed by atoms with Crippen LogP contribution in [0.5, 0.6) is 0 Å². The first-order chi connectivity index (χ1) is 18.1. The summed E-state index contributed by atoms with van der Waals surface area (Å²) in [4.78, 5) is 24.0. The monoisotopic (exact) mass is 532 g/mol. The molecule has 2 rings (SSSR count). The molecule has 1 N–H and O–H groups in total. The summed E-state index contributed by atoms with van der Waals surface area (Å²) >= 11 is 0. The number of carbonyl (C=O) groups is 2. The molecule has 0 bridgehead atoms. The largest absolute Gasteiger partial charge is 0.465 e. The maximum Gasteiger partial charge on any atom is 0.333 e. The molecule has 38 heavy (non-hydrogen) atoms. The molecule has 0 radical (unpaired) electrons. The Bertz CT molecular complexity index is 901. The fraction of sp³-hybridized carbons (Fsp3) is 0.688. The Kier molecular flexibility index (Phi) is 13.5. The summed E-state index contributed by atoms with van der Waals surface area (Å²) in [6.07, 6.45) is 11.4. The molecule has 1 saturated carbocycles. The smallest absolute Gasteiger partial charge is 0.333 e. The van der Waals surface area contributed by atoms with Gasteiger partial charge in [-0.1, -0.05) is 51.3 Å². The van der Waals surface area contributed by atoms with Crippen LogP contribution in [0.15, 0.2) is 30.4 Å². The predicted molar refractivity (Wildman–Crippen MR) is 149 cm³/mol. The van der Waals surface area contributed by atoms with E-state index in [1.807, 2.05) is 6.07 Å². The number of aliphatic hydroxyl groups is 1. The Balaban J connectivity index is 1.97. The molecule has 1 fully saturated rings. The van der Waals surface area contributed by atoms with Crippen molar-refractivity contribution in [3.8, 4) is 0 Å². The number of aliphatic hydroxyl groups excluding tert-OH is 1. The quantitative estimate of drug-likeness (QED) is 0.137. The zero-order valence-electron chi connectivity index (χ0n) is 24.0. The van der Waals surface area contributed by atoms with Crippen molar-refractivity contribution < 1.29 is 28.6 Å². The van der Waals surface area contributed by atoms with Crippen LogP contribution in [0.2, 0.25) is 0 Å². The minimum atomic E-state index is -0.969. The molecule has 0 heterocycles. The molecule has 1 aliphatic rings. The summed E-state index contributed by atoms with van der Waals surface area (Å²) in [6.45, 7) is 10.7. The maximum atomic E-state index is 15.2. The lowest BCUT2D eigenvalue weighted by Crippen LogP contribution is -2.30. The van der Waals surface area contributed by atoms with Crippen LogP contribution in [-0.4, -0.2) is 36.9 Å². The van der Waals surface area contributed by atoms with E-state index in [0.29, 0.717) is 36.3 Å². The second-order valence-corrected chi connectivity index (χ2v) is 11.8. The van der Waals surface area contributed by atoms with Crippen molar-refractivity contribution in [1.82, 2.24) is 0 Å². The van der Waals surface area contributed by atoms with Crippen LogP contribution < -0.4 is 0 Å². The molecule has 5 nitrogen and oxygen atoms in total. The van der Waals surface area contributed by atoms with Crippen LogP contribution in [0.3, 0.4) is 0 Å². The first-order valence-electron chi connectivity index (χ1n) is 14.5. The molecular weight excluding hydrogens is 483 g/mol. The average Bonchev–Trinajstić information content (AvgIpc) is 2.89. The highest BCUT2D eigenvalue weighted by Crippen LogP contribution is 2.38. The summed E-state index contributed by atoms with van der Waals surface area (Å²) in [5.41, 5.74) is 1.08. The number of esters is 2. The van der Waals surface area contributed by atoms with Crippen molar-refractivity contribution in [3.05, 3.63) is 47.3 Å². The average molecular weight is 533 g/mol. The Morgan fingerprint density at radius 3 is 2.34 bits per heavy atom. The third-order valence-corrected chi connectivity index (χ3v) is 7.93. The first-order valence-corrected chi connectivity index (χ1v) is 14.5. The molecule has 214 valence electrons. The van der Waals surface area contributed by atoms with Crippen LogP contribution in [0, 0.1) is 23.1 Å². The van der Waals surface area contributed by atoms with Crippen molar-refractivity contribution in [2.45, 2.75) is 104 Å². The van der Waals surface area contributed by atoms with Gasteiger partial charge in [-0.25, -0.2) is 9.18 Å². The van der Waals surface area contributed by atoms with Gasteiger partial charge in [0.2, 0.25) is 0 Å². The highest BCUT2D eigenvalue weighted by molar-refractivity contribution is 5.86. The van der Waals surface area contributed by atoms with Gasteiger partial charge in [0, 0.05) is 5.57 Å². The van der Waals surface area contributed by atoms with E-state index in [0.717, 1.165) is 24.3 Å². The predicted octanol–water partition coefficient (Wildman–Crippen LogP) is 7.30. The van der Waals surface area contributed by atoms with E-state index in [4.69, 9.17) is 9.47 Å². The highest BCUT2D eigenvalue weighted by Gasteiger charge is 2.29. The van der Waals surface area contributed by atoms with E-state index in [9.17, 15) is 14.7 Å². The molecule has 0 saturated heterocycles. The second kappa shape index (κ2) is 16.0. The Morgan fingerprint density at radius 1 is 1.11 bits per heavy atom. The molecular formula is C32H49FO5. The topological polar surface area (TPSA) is 72.8 Å². The van der Waals surface area contributed by atoms with Crippen LogP contribution in [0.4, 0.5) is 4.39 Å². The lowest BCUT2D eigenvalue weighted by atomic mass is 9.77. The fourth-order valence-electron chi connectivity index (χ4n) is 5.13. The SMILES string of the molecule is C=C(C)C(=O)OCCC(CCOC(=O)C(C)(C)CO)Cc1ccc(C2CCC(CCCCC)CC2)cc1F. The van der Waals surface area contributed by atoms with Gasteiger partial charge in [-0.3, -0.25) is 4.79 Å². The molecule has 0 aliphatic heterocycles. The molecule has 1 aromatic carbocycles. The Hall–Kier alpha value is -2.21. The summed E-state index contributed by atoms with van der Waals surface area (Å²) in [5, 5.41) is 9.39. The summed E-state index contributed by atoms with van der Waals surface area (Å²) in [7, 11) is 0. The Morgan fingerprint density at radius 2 is 1.76 bits per heavy atom. The number of unbranched alkanes of at least 4 members (excludes halogenated alkanes) is 2. The highest BCUT2D eigenvalue weighted by atomic mass is 19.1. The van der Waals surface area contributed by atoms with Gasteiger partial charge >= 0.3 is 11.9 Å². The van der Waals surface area contributed by atoms with E-state index in [1.165, 1.54) is 38.5 Å². The normalized spacial score (nSPS) is 18.6. The van der Waals surface area contributed by atoms with Gasteiger partial charge in [0.25, 0.3) is 0 Å². The van der Waals surface area contributed by atoms with Crippen molar-refractivity contribution in [2.75, 3.05) is 19.8 Å². The number of hydrogen-bond acceptors (Lipinski definition) is 5. The van der Waals surface area contributed by atoms with E-state index in [1.54, 1.807) is 26.8 Å². The third kappa shape index (κ3) is 10.5. The van der Waals surface area contributed by atoms with Gasteiger partial charge in [0.15, 0.2) is 0 Å². The fourth-order valence-corrected chi connectivity index (χ4v) is 5.13. The van der Waals surface area contributed by atoms with Gasteiger partial charge < -0.3 is 14.6 Å². The van der Waals surface area contributed by atoms with E-state index < -0.39 is 17.4 Å². The third-order valence-electron chi connectivity index (χ3n) is 7.93. The van der Waals surface area contributed by atoms with Crippen molar-refractivity contribution in [1.29, 1.82) is 0 Å². The van der Waals surface area contributed by atoms with E-state index >= 15 is 4.39 Å². The van der Waals surface area contributed by atoms with Crippen molar-refractivity contribution in [2.24, 2.45) is 17.3 Å². The van der Waals surface area contributed by atoms with Crippen LogP contribution in [0.1, 0.15) is 109 Å². The number of rotatable bonds is 16. The molecule has 1 aromatic rings. The van der Waals surface area contributed by atoms with Gasteiger partial charge in [-0.15, -0.1) is 0 Å². The maximum absolute atomic E-state index is 15.2. The molecule has 0 amide bonds. The van der Waals surface area contributed by atoms with E-state index in [-0.39, 0.29) is 31.6 Å². The van der Waals surface area contributed by atoms with Crippen molar-refractivity contribution in [3.63, 3.8) is 0 Å². The van der Waals surface area contributed by atoms with Crippen LogP contribution in [-0.2, 0) is 25.5 Å². The molecule has 1 unspecified atom stereocenters. The lowest BCUT2D eigenvalue weighted by Gasteiger charge is -2.29. The minimum absolute atomic E-state index is 0.0446. The van der Waals surface area contributed by atoms with Gasteiger partial charge in [0.1, 0.15) is 5.82 Å². The van der Waals surface area contributed by atoms with Gasteiger partial charge in [0.05, 0.1) is 25.2 Å². The standard InChI is InChI=1S/C32H49FO5/c1-6-7-8-9-24-10-12-26(13-11-24)27-14-15-28(29(33)21-27)20-25(16-18-37-30(35)23(2)3)17-19-38-31(36)32(4,5)22-34/h14-15,21,24-26,34H,2,6-13,16-20,22H2,1,3-5H3. The number of ether oxygens (including phenoxy) is 2.